The zero-order valence-electron chi connectivity index (χ0n) is 17.5. The molecule has 0 saturated carbocycles. The zero-order valence-corrected chi connectivity index (χ0v) is 19.2. The molecule has 1 heterocycles. The number of nitrogens with zero attached hydrogens (tertiary/aromatic N) is 1. The Balaban J connectivity index is 1.41. The minimum absolute atomic E-state index is 0.0690. The van der Waals surface area contributed by atoms with Crippen molar-refractivity contribution in [2.24, 2.45) is 0 Å². The van der Waals surface area contributed by atoms with Crippen molar-refractivity contribution in [2.45, 2.75) is 17.6 Å². The predicted octanol–water partition coefficient (Wildman–Crippen LogP) is 4.36. The second kappa shape index (κ2) is 9.34. The number of rotatable bonds is 7. The summed E-state index contributed by atoms with van der Waals surface area (Å²) >= 11 is 1.69. The van der Waals surface area contributed by atoms with Gasteiger partial charge in [0.1, 0.15) is 12.4 Å². The van der Waals surface area contributed by atoms with E-state index in [1.54, 1.807) is 30.0 Å². The van der Waals surface area contributed by atoms with Crippen LogP contribution in [0.5, 0.6) is 0 Å². The van der Waals surface area contributed by atoms with Crippen molar-refractivity contribution in [3.8, 4) is 11.1 Å². The van der Waals surface area contributed by atoms with Gasteiger partial charge in [-0.15, -0.1) is 0 Å². The lowest BCUT2D eigenvalue weighted by atomic mass is 10.0. The van der Waals surface area contributed by atoms with Gasteiger partial charge in [0.15, 0.2) is 0 Å². The predicted molar refractivity (Wildman–Crippen MR) is 127 cm³/mol. The fourth-order valence-electron chi connectivity index (χ4n) is 3.60. The van der Waals surface area contributed by atoms with Crippen molar-refractivity contribution in [2.75, 3.05) is 23.1 Å². The van der Waals surface area contributed by atoms with E-state index in [0.29, 0.717) is 29.1 Å². The van der Waals surface area contributed by atoms with E-state index in [-0.39, 0.29) is 11.4 Å². The SMILES string of the molecule is Cc1ccc(CSCCNC(=O)CN2c3ccc(F)cc3-c3ccccc3S2(=O)=O)cc1. The van der Waals surface area contributed by atoms with Gasteiger partial charge in [0.05, 0.1) is 10.6 Å². The van der Waals surface area contributed by atoms with E-state index < -0.39 is 21.7 Å². The van der Waals surface area contributed by atoms with Crippen LogP contribution in [0.3, 0.4) is 0 Å². The minimum atomic E-state index is -3.93. The van der Waals surface area contributed by atoms with Gasteiger partial charge in [0.2, 0.25) is 5.91 Å². The van der Waals surface area contributed by atoms with Gasteiger partial charge < -0.3 is 5.32 Å². The first kappa shape index (κ1) is 22.4. The molecule has 1 amide bonds. The summed E-state index contributed by atoms with van der Waals surface area (Å²) in [5.41, 5.74) is 3.62. The lowest BCUT2D eigenvalue weighted by Gasteiger charge is -2.31. The number of thioether (sulfide) groups is 1. The summed E-state index contributed by atoms with van der Waals surface area (Å²) in [6.45, 7) is 2.11. The first-order chi connectivity index (χ1) is 15.4. The Morgan fingerprint density at radius 1 is 1.03 bits per heavy atom. The lowest BCUT2D eigenvalue weighted by Crippen LogP contribution is -2.43. The van der Waals surface area contributed by atoms with E-state index in [9.17, 15) is 17.6 Å². The Hall–Kier alpha value is -2.84. The molecular formula is C24H23FN2O3S2. The highest BCUT2D eigenvalue weighted by Gasteiger charge is 2.35. The van der Waals surface area contributed by atoms with Crippen LogP contribution in [0.4, 0.5) is 10.1 Å². The number of sulfonamides is 1. The maximum Gasteiger partial charge on any atom is 0.265 e. The largest absolute Gasteiger partial charge is 0.354 e. The first-order valence-corrected chi connectivity index (χ1v) is 12.8. The van der Waals surface area contributed by atoms with E-state index in [2.05, 4.69) is 29.6 Å². The number of anilines is 1. The summed E-state index contributed by atoms with van der Waals surface area (Å²) in [5.74, 6) is 0.677. The molecule has 3 aromatic carbocycles. The van der Waals surface area contributed by atoms with Crippen molar-refractivity contribution < 1.29 is 17.6 Å². The summed E-state index contributed by atoms with van der Waals surface area (Å²) in [7, 11) is -3.93. The summed E-state index contributed by atoms with van der Waals surface area (Å²) < 4.78 is 41.3. The highest BCUT2D eigenvalue weighted by Crippen LogP contribution is 2.42. The molecule has 0 spiro atoms. The summed E-state index contributed by atoms with van der Waals surface area (Å²) in [5, 5.41) is 2.79. The van der Waals surface area contributed by atoms with E-state index in [1.165, 1.54) is 35.4 Å². The third kappa shape index (κ3) is 4.66. The standard InChI is InChI=1S/C24H23FN2O3S2/c1-17-6-8-18(9-7-17)16-31-13-12-26-24(28)15-27-22-11-10-19(25)14-21(22)20-4-2-3-5-23(20)32(27,29)30/h2-11,14H,12-13,15-16H2,1H3,(H,26,28). The number of hydrogen-bond acceptors (Lipinski definition) is 4. The Bertz CT molecular complexity index is 1240. The number of halogens is 1. The van der Waals surface area contributed by atoms with Crippen LogP contribution in [0.2, 0.25) is 0 Å². The number of benzene rings is 3. The van der Waals surface area contributed by atoms with Crippen LogP contribution >= 0.6 is 11.8 Å². The highest BCUT2D eigenvalue weighted by atomic mass is 32.2. The molecule has 0 fully saturated rings. The third-order valence-corrected chi connectivity index (χ3v) is 8.07. The molecule has 0 atom stereocenters. The fourth-order valence-corrected chi connectivity index (χ4v) is 6.07. The summed E-state index contributed by atoms with van der Waals surface area (Å²) in [6, 6.07) is 18.7. The van der Waals surface area contributed by atoms with Crippen LogP contribution in [0.15, 0.2) is 71.6 Å². The molecule has 166 valence electrons. The quantitative estimate of drug-likeness (QED) is 0.521. The van der Waals surface area contributed by atoms with Gasteiger partial charge in [-0.3, -0.25) is 9.10 Å². The van der Waals surface area contributed by atoms with Gasteiger partial charge in [-0.25, -0.2) is 12.8 Å². The Kier molecular flexibility index (Phi) is 6.53. The van der Waals surface area contributed by atoms with Gasteiger partial charge in [-0.1, -0.05) is 48.0 Å². The van der Waals surface area contributed by atoms with Crippen LogP contribution in [0.25, 0.3) is 11.1 Å². The lowest BCUT2D eigenvalue weighted by molar-refractivity contribution is -0.119. The average molecular weight is 471 g/mol. The molecule has 1 aliphatic heterocycles. The number of carbonyl (C=O) groups excluding carboxylic acids is 1. The average Bonchev–Trinajstić information content (AvgIpc) is 2.78. The molecule has 3 aromatic rings. The van der Waals surface area contributed by atoms with Crippen molar-refractivity contribution in [1.29, 1.82) is 0 Å². The third-order valence-electron chi connectivity index (χ3n) is 5.22. The van der Waals surface area contributed by atoms with Crippen LogP contribution in [-0.2, 0) is 20.6 Å². The number of amides is 1. The molecular weight excluding hydrogens is 447 g/mol. The molecule has 4 rings (SSSR count). The first-order valence-electron chi connectivity index (χ1n) is 10.2. The molecule has 0 aliphatic carbocycles. The molecule has 32 heavy (non-hydrogen) atoms. The summed E-state index contributed by atoms with van der Waals surface area (Å²) in [6.07, 6.45) is 0. The normalized spacial score (nSPS) is 13.9. The van der Waals surface area contributed by atoms with Crippen molar-refractivity contribution in [3.63, 3.8) is 0 Å². The van der Waals surface area contributed by atoms with Gasteiger partial charge in [0, 0.05) is 29.2 Å². The van der Waals surface area contributed by atoms with E-state index in [1.807, 2.05) is 6.92 Å². The Morgan fingerprint density at radius 2 is 1.78 bits per heavy atom. The van der Waals surface area contributed by atoms with Gasteiger partial charge >= 0.3 is 0 Å². The topological polar surface area (TPSA) is 66.5 Å². The maximum absolute atomic E-state index is 13.9. The Labute approximate surface area is 191 Å². The highest BCUT2D eigenvalue weighted by molar-refractivity contribution is 7.98. The molecule has 8 heteroatoms. The molecule has 0 bridgehead atoms. The maximum atomic E-state index is 13.9. The molecule has 0 aromatic heterocycles. The number of fused-ring (bicyclic) bond motifs is 3. The number of carbonyl (C=O) groups is 1. The smallest absolute Gasteiger partial charge is 0.265 e. The monoisotopic (exact) mass is 470 g/mol. The minimum Gasteiger partial charge on any atom is -0.354 e. The Morgan fingerprint density at radius 3 is 2.56 bits per heavy atom. The second-order valence-corrected chi connectivity index (χ2v) is 10.5. The molecule has 0 unspecified atom stereocenters. The van der Waals surface area contributed by atoms with E-state index in [0.717, 1.165) is 10.1 Å². The number of nitrogens with one attached hydrogen (secondary N) is 1. The van der Waals surface area contributed by atoms with E-state index >= 15 is 0 Å². The summed E-state index contributed by atoms with van der Waals surface area (Å²) in [4.78, 5) is 12.6. The number of hydrogen-bond donors (Lipinski definition) is 1. The van der Waals surface area contributed by atoms with Crippen LogP contribution in [-0.4, -0.2) is 33.2 Å². The fraction of sp³-hybridized carbons (Fsp3) is 0.208. The molecule has 0 radical (unpaired) electrons. The van der Waals surface area contributed by atoms with Gasteiger partial charge in [0.25, 0.3) is 10.0 Å². The van der Waals surface area contributed by atoms with Crippen LogP contribution in [0.1, 0.15) is 11.1 Å². The molecule has 1 aliphatic rings. The van der Waals surface area contributed by atoms with E-state index in [4.69, 9.17) is 0 Å². The van der Waals surface area contributed by atoms with Crippen LogP contribution < -0.4 is 9.62 Å². The van der Waals surface area contributed by atoms with Crippen molar-refractivity contribution in [3.05, 3.63) is 83.7 Å². The van der Waals surface area contributed by atoms with Gasteiger partial charge in [-0.2, -0.15) is 11.8 Å². The van der Waals surface area contributed by atoms with Gasteiger partial charge in [-0.05, 0) is 36.8 Å². The van der Waals surface area contributed by atoms with Crippen LogP contribution in [0, 0.1) is 12.7 Å². The second-order valence-electron chi connectivity index (χ2n) is 7.56. The van der Waals surface area contributed by atoms with Crippen molar-refractivity contribution >= 4 is 33.4 Å². The van der Waals surface area contributed by atoms with Crippen molar-refractivity contribution in [1.82, 2.24) is 5.32 Å². The zero-order chi connectivity index (χ0) is 22.7. The molecule has 5 nitrogen and oxygen atoms in total. The number of aryl methyl sites for hydroxylation is 1. The molecule has 0 saturated heterocycles. The molecule has 1 N–H and O–H groups in total.